The van der Waals surface area contributed by atoms with E-state index < -0.39 is 10.0 Å². The number of benzene rings is 1. The molecule has 1 aromatic rings. The van der Waals surface area contributed by atoms with E-state index in [2.05, 4.69) is 5.32 Å². The molecule has 1 aliphatic carbocycles. The summed E-state index contributed by atoms with van der Waals surface area (Å²) in [5, 5.41) is 7.67. The van der Waals surface area contributed by atoms with Crippen molar-refractivity contribution < 1.29 is 13.2 Å². The first-order valence-electron chi connectivity index (χ1n) is 5.74. The molecule has 19 heavy (non-hydrogen) atoms. The second kappa shape index (κ2) is 5.12. The van der Waals surface area contributed by atoms with Gasteiger partial charge in [-0.2, -0.15) is 0 Å². The number of nitrogens with one attached hydrogen (secondary N) is 1. The van der Waals surface area contributed by atoms with Gasteiger partial charge in [0.25, 0.3) is 0 Å². The molecule has 7 heteroatoms. The van der Waals surface area contributed by atoms with Crippen molar-refractivity contribution in [2.45, 2.75) is 17.4 Å². The van der Waals surface area contributed by atoms with Crippen molar-refractivity contribution in [1.82, 2.24) is 0 Å². The monoisotopic (exact) mass is 281 g/mol. The molecule has 2 atom stereocenters. The molecule has 0 aromatic heterocycles. The van der Waals surface area contributed by atoms with Crippen molar-refractivity contribution in [3.63, 3.8) is 0 Å². The van der Waals surface area contributed by atoms with E-state index in [9.17, 15) is 13.2 Å². The summed E-state index contributed by atoms with van der Waals surface area (Å²) in [5.41, 5.74) is 5.86. The van der Waals surface area contributed by atoms with Crippen LogP contribution in [-0.4, -0.2) is 20.4 Å². The Hall–Kier alpha value is -1.70. The van der Waals surface area contributed by atoms with Crippen molar-refractivity contribution in [3.05, 3.63) is 36.4 Å². The molecule has 0 saturated carbocycles. The highest BCUT2D eigenvalue weighted by molar-refractivity contribution is 7.89. The zero-order chi connectivity index (χ0) is 14.0. The predicted octanol–water partition coefficient (Wildman–Crippen LogP) is 0.176. The Balaban J connectivity index is 2.21. The minimum atomic E-state index is -3.87. The highest BCUT2D eigenvalue weighted by atomic mass is 32.2. The number of para-hydroxylation sites is 1. The number of nitrogens with two attached hydrogens (primary N) is 2. The fourth-order valence-electron chi connectivity index (χ4n) is 1.97. The number of anilines is 1. The molecule has 0 saturated heterocycles. The topological polar surface area (TPSA) is 115 Å². The van der Waals surface area contributed by atoms with Crippen molar-refractivity contribution in [3.8, 4) is 0 Å². The zero-order valence-corrected chi connectivity index (χ0v) is 10.9. The van der Waals surface area contributed by atoms with Gasteiger partial charge in [-0.15, -0.1) is 0 Å². The van der Waals surface area contributed by atoms with Crippen LogP contribution >= 0.6 is 0 Å². The molecule has 1 aromatic carbocycles. The maximum Gasteiger partial charge on any atom is 0.240 e. The standard InChI is InChI=1S/C12H15N3O3S/c13-9-6-5-8(7-9)12(16)15-10-3-1-2-4-11(10)19(14,17)18/h1-6,8-9H,7,13H2,(H,15,16)(H2,14,17,18). The second-order valence-electron chi connectivity index (χ2n) is 4.42. The van der Waals surface area contributed by atoms with Gasteiger partial charge in [-0.05, 0) is 18.6 Å². The number of amides is 1. The molecule has 1 amide bonds. The van der Waals surface area contributed by atoms with Crippen molar-refractivity contribution in [1.29, 1.82) is 0 Å². The van der Waals surface area contributed by atoms with Crippen LogP contribution in [0.1, 0.15) is 6.42 Å². The molecule has 0 radical (unpaired) electrons. The molecular weight excluding hydrogens is 266 g/mol. The quantitative estimate of drug-likeness (QED) is 0.685. The number of carbonyl (C=O) groups excluding carboxylic acids is 1. The molecule has 2 rings (SSSR count). The maximum absolute atomic E-state index is 12.0. The highest BCUT2D eigenvalue weighted by Gasteiger charge is 2.24. The van der Waals surface area contributed by atoms with Gasteiger partial charge in [0.2, 0.25) is 15.9 Å². The van der Waals surface area contributed by atoms with Crippen LogP contribution in [0.2, 0.25) is 0 Å². The molecule has 0 fully saturated rings. The van der Waals surface area contributed by atoms with E-state index in [4.69, 9.17) is 10.9 Å². The Morgan fingerprint density at radius 1 is 1.26 bits per heavy atom. The van der Waals surface area contributed by atoms with E-state index in [0.29, 0.717) is 6.42 Å². The minimum Gasteiger partial charge on any atom is -0.324 e. The van der Waals surface area contributed by atoms with E-state index in [0.717, 1.165) is 0 Å². The van der Waals surface area contributed by atoms with Gasteiger partial charge in [-0.1, -0.05) is 24.3 Å². The van der Waals surface area contributed by atoms with Gasteiger partial charge in [-0.3, -0.25) is 4.79 Å². The van der Waals surface area contributed by atoms with Crippen LogP contribution in [0.4, 0.5) is 5.69 Å². The summed E-state index contributed by atoms with van der Waals surface area (Å²) in [4.78, 5) is 11.9. The fraction of sp³-hybridized carbons (Fsp3) is 0.250. The molecule has 0 heterocycles. The lowest BCUT2D eigenvalue weighted by molar-refractivity contribution is -0.118. The fourth-order valence-corrected chi connectivity index (χ4v) is 2.66. The third-order valence-corrected chi connectivity index (χ3v) is 3.87. The van der Waals surface area contributed by atoms with E-state index >= 15 is 0 Å². The Bertz CT molecular complexity index is 625. The Morgan fingerprint density at radius 2 is 1.95 bits per heavy atom. The van der Waals surface area contributed by atoms with E-state index in [1.807, 2.05) is 0 Å². The maximum atomic E-state index is 12.0. The molecule has 0 spiro atoms. The van der Waals surface area contributed by atoms with Crippen LogP contribution < -0.4 is 16.2 Å². The summed E-state index contributed by atoms with van der Waals surface area (Å²) in [6.45, 7) is 0. The molecule has 0 bridgehead atoms. The minimum absolute atomic E-state index is 0.102. The van der Waals surface area contributed by atoms with Crippen LogP contribution in [0.3, 0.4) is 0 Å². The molecule has 1 aliphatic rings. The summed E-state index contributed by atoms with van der Waals surface area (Å²) in [6.07, 6.45) is 4.00. The molecule has 6 nitrogen and oxygen atoms in total. The lowest BCUT2D eigenvalue weighted by atomic mass is 10.1. The van der Waals surface area contributed by atoms with Gasteiger partial charge in [0.1, 0.15) is 4.90 Å². The summed E-state index contributed by atoms with van der Waals surface area (Å²) in [6, 6.07) is 5.88. The number of hydrogen-bond donors (Lipinski definition) is 3. The van der Waals surface area contributed by atoms with Gasteiger partial charge < -0.3 is 11.1 Å². The Labute approximate surface area is 111 Å². The normalized spacial score (nSPS) is 22.4. The van der Waals surface area contributed by atoms with Crippen LogP contribution in [-0.2, 0) is 14.8 Å². The largest absolute Gasteiger partial charge is 0.324 e. The summed E-state index contributed by atoms with van der Waals surface area (Å²) >= 11 is 0. The van der Waals surface area contributed by atoms with Crippen LogP contribution in [0, 0.1) is 5.92 Å². The molecular formula is C12H15N3O3S. The average Bonchev–Trinajstić information content (AvgIpc) is 2.75. The highest BCUT2D eigenvalue weighted by Crippen LogP contribution is 2.23. The Kier molecular flexibility index (Phi) is 3.70. The molecule has 2 unspecified atom stereocenters. The van der Waals surface area contributed by atoms with Gasteiger partial charge >= 0.3 is 0 Å². The van der Waals surface area contributed by atoms with Gasteiger partial charge in [0, 0.05) is 6.04 Å². The van der Waals surface area contributed by atoms with Crippen LogP contribution in [0.25, 0.3) is 0 Å². The number of rotatable bonds is 3. The van der Waals surface area contributed by atoms with Gasteiger partial charge in [0.15, 0.2) is 0 Å². The average molecular weight is 281 g/mol. The summed E-state index contributed by atoms with van der Waals surface area (Å²) < 4.78 is 22.8. The van der Waals surface area contributed by atoms with Crippen LogP contribution in [0.15, 0.2) is 41.3 Å². The number of carbonyl (C=O) groups is 1. The first-order valence-corrected chi connectivity index (χ1v) is 7.29. The zero-order valence-electron chi connectivity index (χ0n) is 10.1. The van der Waals surface area contributed by atoms with E-state index in [1.54, 1.807) is 24.3 Å². The van der Waals surface area contributed by atoms with Gasteiger partial charge in [0.05, 0.1) is 11.6 Å². The molecule has 0 aliphatic heterocycles. The first-order chi connectivity index (χ1) is 8.88. The van der Waals surface area contributed by atoms with Crippen LogP contribution in [0.5, 0.6) is 0 Å². The van der Waals surface area contributed by atoms with Gasteiger partial charge in [-0.25, -0.2) is 13.6 Å². The molecule has 5 N–H and O–H groups in total. The Morgan fingerprint density at radius 3 is 2.53 bits per heavy atom. The number of hydrogen-bond acceptors (Lipinski definition) is 4. The van der Waals surface area contributed by atoms with Crippen molar-refractivity contribution >= 4 is 21.6 Å². The number of sulfonamides is 1. The second-order valence-corrected chi connectivity index (χ2v) is 5.95. The van der Waals surface area contributed by atoms with E-state index in [1.165, 1.54) is 12.1 Å². The third-order valence-electron chi connectivity index (χ3n) is 2.90. The lowest BCUT2D eigenvalue weighted by Crippen LogP contribution is -2.25. The summed E-state index contributed by atoms with van der Waals surface area (Å²) in [5.74, 6) is -0.635. The lowest BCUT2D eigenvalue weighted by Gasteiger charge is -2.12. The van der Waals surface area contributed by atoms with Crippen molar-refractivity contribution in [2.75, 3.05) is 5.32 Å². The SMILES string of the molecule is NC1C=CC(C(=O)Nc2ccccc2S(N)(=O)=O)C1. The molecule has 102 valence electrons. The first kappa shape index (κ1) is 13.7. The predicted molar refractivity (Wildman–Crippen MR) is 71.7 cm³/mol. The van der Waals surface area contributed by atoms with E-state index in [-0.39, 0.29) is 28.4 Å². The smallest absolute Gasteiger partial charge is 0.240 e. The summed E-state index contributed by atoms with van der Waals surface area (Å²) in [7, 11) is -3.87. The third kappa shape index (κ3) is 3.19. The van der Waals surface area contributed by atoms with Crippen molar-refractivity contribution in [2.24, 2.45) is 16.8 Å². The number of primary sulfonamides is 1.